The molecule has 1 atom stereocenters. The van der Waals surface area contributed by atoms with Gasteiger partial charge in [0.1, 0.15) is 29.1 Å². The van der Waals surface area contributed by atoms with Crippen LogP contribution in [0.15, 0.2) is 36.9 Å². The standard InChI is InChI=1S/C25H27N7O4/c1-15-29-21(22-24(30-15)32(14-28-22)20-5-3-4-8-34-20)18-11-16(25-35-9-10-36-25)12-27-23(18)31-17-6-7-19(33-2)26-13-17/h6-7,11-14,20,25H,3-5,8-10H2,1-2H3,(H,27,31). The van der Waals surface area contributed by atoms with Crippen LogP contribution in [0.3, 0.4) is 0 Å². The van der Waals surface area contributed by atoms with Crippen LogP contribution in [0.2, 0.25) is 0 Å². The van der Waals surface area contributed by atoms with Crippen molar-refractivity contribution in [1.82, 2.24) is 29.5 Å². The van der Waals surface area contributed by atoms with Gasteiger partial charge in [0.15, 0.2) is 11.9 Å². The van der Waals surface area contributed by atoms with Crippen molar-refractivity contribution in [3.8, 4) is 17.1 Å². The quantitative estimate of drug-likeness (QED) is 0.424. The minimum absolute atomic E-state index is 0.0846. The SMILES string of the molecule is COc1ccc(Nc2ncc(C3OCCO3)cc2-c2nc(C)nc3c2ncn3C2CCCCO2)cn1. The van der Waals surface area contributed by atoms with E-state index in [1.807, 2.05) is 23.6 Å². The fourth-order valence-corrected chi connectivity index (χ4v) is 4.52. The molecule has 0 spiro atoms. The normalized spacial score (nSPS) is 18.6. The monoisotopic (exact) mass is 489 g/mol. The van der Waals surface area contributed by atoms with Gasteiger partial charge in [-0.2, -0.15) is 0 Å². The summed E-state index contributed by atoms with van der Waals surface area (Å²) >= 11 is 0. The molecule has 2 aliphatic heterocycles. The number of anilines is 2. The van der Waals surface area contributed by atoms with Crippen LogP contribution < -0.4 is 10.1 Å². The van der Waals surface area contributed by atoms with E-state index in [4.69, 9.17) is 38.9 Å². The van der Waals surface area contributed by atoms with Gasteiger partial charge in [-0.1, -0.05) is 0 Å². The van der Waals surface area contributed by atoms with Gasteiger partial charge < -0.3 is 24.3 Å². The van der Waals surface area contributed by atoms with Crippen molar-refractivity contribution in [3.05, 3.63) is 48.3 Å². The molecule has 0 aromatic carbocycles. The van der Waals surface area contributed by atoms with Gasteiger partial charge in [-0.3, -0.25) is 4.57 Å². The number of ether oxygens (including phenoxy) is 4. The summed E-state index contributed by atoms with van der Waals surface area (Å²) in [6, 6.07) is 5.65. The van der Waals surface area contributed by atoms with Crippen LogP contribution in [0.25, 0.3) is 22.4 Å². The Morgan fingerprint density at radius 2 is 1.89 bits per heavy atom. The molecule has 0 saturated carbocycles. The van der Waals surface area contributed by atoms with Crippen molar-refractivity contribution in [2.45, 2.75) is 38.7 Å². The Morgan fingerprint density at radius 3 is 2.64 bits per heavy atom. The van der Waals surface area contributed by atoms with Crippen molar-refractivity contribution < 1.29 is 18.9 Å². The molecule has 11 heteroatoms. The van der Waals surface area contributed by atoms with Crippen molar-refractivity contribution in [3.63, 3.8) is 0 Å². The lowest BCUT2D eigenvalue weighted by atomic mass is 10.1. The van der Waals surface area contributed by atoms with Crippen molar-refractivity contribution in [2.24, 2.45) is 0 Å². The molecule has 4 aromatic heterocycles. The zero-order valence-corrected chi connectivity index (χ0v) is 20.2. The van der Waals surface area contributed by atoms with E-state index < -0.39 is 6.29 Å². The summed E-state index contributed by atoms with van der Waals surface area (Å²) in [5, 5.41) is 3.36. The molecule has 11 nitrogen and oxygen atoms in total. The number of methoxy groups -OCH3 is 1. The van der Waals surface area contributed by atoms with E-state index in [1.54, 1.807) is 31.9 Å². The highest BCUT2D eigenvalue weighted by Gasteiger charge is 2.25. The minimum Gasteiger partial charge on any atom is -0.481 e. The third kappa shape index (κ3) is 4.36. The van der Waals surface area contributed by atoms with Gasteiger partial charge in [0, 0.05) is 30.0 Å². The molecule has 2 saturated heterocycles. The van der Waals surface area contributed by atoms with Crippen molar-refractivity contribution >= 4 is 22.7 Å². The van der Waals surface area contributed by atoms with Crippen LogP contribution in [0.4, 0.5) is 11.5 Å². The summed E-state index contributed by atoms with van der Waals surface area (Å²) in [5.74, 6) is 1.76. The van der Waals surface area contributed by atoms with Gasteiger partial charge in [-0.05, 0) is 38.3 Å². The summed E-state index contributed by atoms with van der Waals surface area (Å²) < 4.78 is 24.7. The maximum atomic E-state index is 6.01. The topological polar surface area (TPSA) is 118 Å². The van der Waals surface area contributed by atoms with E-state index in [-0.39, 0.29) is 6.23 Å². The molecule has 6 heterocycles. The van der Waals surface area contributed by atoms with Crippen LogP contribution in [0.1, 0.15) is 43.2 Å². The lowest BCUT2D eigenvalue weighted by Crippen LogP contribution is -2.18. The number of hydrogen-bond donors (Lipinski definition) is 1. The van der Waals surface area contributed by atoms with E-state index in [0.717, 1.165) is 48.3 Å². The molecule has 0 radical (unpaired) electrons. The van der Waals surface area contributed by atoms with E-state index >= 15 is 0 Å². The predicted molar refractivity (Wildman–Crippen MR) is 131 cm³/mol. The van der Waals surface area contributed by atoms with Crippen LogP contribution >= 0.6 is 0 Å². The molecule has 0 amide bonds. The second-order valence-corrected chi connectivity index (χ2v) is 8.72. The molecular weight excluding hydrogens is 462 g/mol. The van der Waals surface area contributed by atoms with E-state index in [2.05, 4.69) is 10.3 Å². The highest BCUT2D eigenvalue weighted by molar-refractivity contribution is 5.92. The zero-order valence-electron chi connectivity index (χ0n) is 20.2. The van der Waals surface area contributed by atoms with Crippen LogP contribution in [0, 0.1) is 6.92 Å². The first-order valence-electron chi connectivity index (χ1n) is 12.0. The molecule has 2 fully saturated rings. The number of aryl methyl sites for hydroxylation is 1. The fourth-order valence-electron chi connectivity index (χ4n) is 4.52. The summed E-state index contributed by atoms with van der Waals surface area (Å²) in [6.07, 6.45) is 7.78. The maximum Gasteiger partial charge on any atom is 0.213 e. The highest BCUT2D eigenvalue weighted by Crippen LogP contribution is 2.36. The molecule has 2 aliphatic rings. The van der Waals surface area contributed by atoms with Gasteiger partial charge in [0.25, 0.3) is 0 Å². The van der Waals surface area contributed by atoms with Gasteiger partial charge in [0.2, 0.25) is 5.88 Å². The van der Waals surface area contributed by atoms with E-state index in [1.165, 1.54) is 0 Å². The number of hydrogen-bond acceptors (Lipinski definition) is 10. The molecular formula is C25H27N7O4. The molecule has 36 heavy (non-hydrogen) atoms. The molecule has 0 bridgehead atoms. The summed E-state index contributed by atoms with van der Waals surface area (Å²) in [7, 11) is 1.58. The summed E-state index contributed by atoms with van der Waals surface area (Å²) in [5.41, 5.74) is 4.41. The summed E-state index contributed by atoms with van der Waals surface area (Å²) in [6.45, 7) is 3.70. The van der Waals surface area contributed by atoms with E-state index in [9.17, 15) is 0 Å². The fraction of sp³-hybridized carbons (Fsp3) is 0.400. The van der Waals surface area contributed by atoms with Crippen LogP contribution in [-0.2, 0) is 14.2 Å². The Morgan fingerprint density at radius 1 is 1.00 bits per heavy atom. The summed E-state index contributed by atoms with van der Waals surface area (Å²) in [4.78, 5) is 23.3. The third-order valence-electron chi connectivity index (χ3n) is 6.27. The van der Waals surface area contributed by atoms with Crippen molar-refractivity contribution in [1.29, 1.82) is 0 Å². The number of pyridine rings is 2. The molecule has 1 unspecified atom stereocenters. The zero-order chi connectivity index (χ0) is 24.5. The first kappa shape index (κ1) is 22.8. The lowest BCUT2D eigenvalue weighted by molar-refractivity contribution is -0.0442. The number of nitrogens with one attached hydrogen (secondary N) is 1. The maximum absolute atomic E-state index is 6.01. The number of nitrogens with zero attached hydrogens (tertiary/aromatic N) is 6. The second-order valence-electron chi connectivity index (χ2n) is 8.72. The number of aromatic nitrogens is 6. The Bertz CT molecular complexity index is 1360. The Labute approximate surface area is 207 Å². The molecule has 4 aromatic rings. The number of rotatable bonds is 6. The first-order valence-corrected chi connectivity index (χ1v) is 12.0. The van der Waals surface area contributed by atoms with E-state index in [0.29, 0.717) is 41.9 Å². The Kier molecular flexibility index (Phi) is 6.18. The molecule has 1 N–H and O–H groups in total. The van der Waals surface area contributed by atoms with Crippen LogP contribution in [-0.4, -0.2) is 56.4 Å². The molecule has 0 aliphatic carbocycles. The average Bonchev–Trinajstić information content (AvgIpc) is 3.60. The average molecular weight is 490 g/mol. The van der Waals surface area contributed by atoms with Crippen LogP contribution in [0.5, 0.6) is 5.88 Å². The van der Waals surface area contributed by atoms with Gasteiger partial charge in [0.05, 0.1) is 38.5 Å². The third-order valence-corrected chi connectivity index (χ3v) is 6.27. The number of imidazole rings is 1. The second kappa shape index (κ2) is 9.76. The molecule has 6 rings (SSSR count). The first-order chi connectivity index (χ1) is 17.7. The minimum atomic E-state index is -0.473. The number of fused-ring (bicyclic) bond motifs is 1. The largest absolute Gasteiger partial charge is 0.481 e. The van der Waals surface area contributed by atoms with Gasteiger partial charge in [-0.15, -0.1) is 0 Å². The smallest absolute Gasteiger partial charge is 0.213 e. The van der Waals surface area contributed by atoms with Gasteiger partial charge in [-0.25, -0.2) is 24.9 Å². The molecule has 186 valence electrons. The predicted octanol–water partition coefficient (Wildman–Crippen LogP) is 4.09. The Balaban J connectivity index is 1.47. The van der Waals surface area contributed by atoms with Gasteiger partial charge >= 0.3 is 0 Å². The van der Waals surface area contributed by atoms with Crippen molar-refractivity contribution in [2.75, 3.05) is 32.2 Å². The highest BCUT2D eigenvalue weighted by atomic mass is 16.7. The Hall–Kier alpha value is -3.67. The lowest BCUT2D eigenvalue weighted by Gasteiger charge is -2.23.